The van der Waals surface area contributed by atoms with E-state index >= 15 is 0 Å². The van der Waals surface area contributed by atoms with E-state index in [1.165, 1.54) is 19.9 Å². The lowest BCUT2D eigenvalue weighted by atomic mass is 10.0. The summed E-state index contributed by atoms with van der Waals surface area (Å²) in [5.41, 5.74) is 2.58. The molecule has 1 heterocycles. The zero-order valence-electron chi connectivity index (χ0n) is 17.1. The van der Waals surface area contributed by atoms with Crippen LogP contribution in [0.2, 0.25) is 0 Å². The lowest BCUT2D eigenvalue weighted by molar-refractivity contribution is -0.156. The van der Waals surface area contributed by atoms with Gasteiger partial charge in [-0.1, -0.05) is 24.3 Å². The van der Waals surface area contributed by atoms with Gasteiger partial charge in [0.25, 0.3) is 5.91 Å². The van der Waals surface area contributed by atoms with Crippen molar-refractivity contribution in [3.8, 4) is 6.07 Å². The number of nitrogens with one attached hydrogen (secondary N) is 3. The van der Waals surface area contributed by atoms with Gasteiger partial charge in [0.15, 0.2) is 6.10 Å². The number of esters is 1. The van der Waals surface area contributed by atoms with Crippen molar-refractivity contribution in [2.45, 2.75) is 32.4 Å². The van der Waals surface area contributed by atoms with Gasteiger partial charge in [-0.25, -0.2) is 4.79 Å². The van der Waals surface area contributed by atoms with Gasteiger partial charge in [-0.2, -0.15) is 5.26 Å². The van der Waals surface area contributed by atoms with Gasteiger partial charge in [-0.15, -0.1) is 0 Å². The first-order chi connectivity index (χ1) is 14.9. The van der Waals surface area contributed by atoms with Crippen molar-refractivity contribution in [2.24, 2.45) is 0 Å². The van der Waals surface area contributed by atoms with Crippen LogP contribution in [0, 0.1) is 11.3 Å². The molecule has 0 aliphatic rings. The lowest BCUT2D eigenvalue weighted by Gasteiger charge is -2.20. The van der Waals surface area contributed by atoms with Crippen LogP contribution in [-0.2, 0) is 25.5 Å². The van der Waals surface area contributed by atoms with Crippen molar-refractivity contribution >= 4 is 34.4 Å². The highest BCUT2D eigenvalue weighted by Gasteiger charge is 2.27. The number of para-hydroxylation sites is 1. The molecule has 2 aromatic carbocycles. The molecule has 3 aromatic rings. The predicted molar refractivity (Wildman–Crippen MR) is 115 cm³/mol. The summed E-state index contributed by atoms with van der Waals surface area (Å²) in [6.45, 7) is 2.76. The second-order valence-electron chi connectivity index (χ2n) is 7.08. The van der Waals surface area contributed by atoms with E-state index in [1.807, 2.05) is 30.3 Å². The van der Waals surface area contributed by atoms with E-state index in [1.54, 1.807) is 24.4 Å². The van der Waals surface area contributed by atoms with Crippen LogP contribution < -0.4 is 10.6 Å². The number of nitriles is 1. The topological polar surface area (TPSA) is 124 Å². The Morgan fingerprint density at radius 2 is 1.94 bits per heavy atom. The molecule has 0 fully saturated rings. The molecule has 158 valence electrons. The molecule has 0 aliphatic heterocycles. The molecule has 2 amide bonds. The second kappa shape index (κ2) is 9.59. The number of hydrogen-bond acceptors (Lipinski definition) is 5. The van der Waals surface area contributed by atoms with E-state index in [2.05, 4.69) is 15.6 Å². The number of aromatic amines is 1. The summed E-state index contributed by atoms with van der Waals surface area (Å²) in [5, 5.41) is 15.1. The molecule has 0 unspecified atom stereocenters. The highest BCUT2D eigenvalue weighted by Crippen LogP contribution is 2.20. The Balaban J connectivity index is 1.68. The van der Waals surface area contributed by atoms with Crippen molar-refractivity contribution in [2.75, 3.05) is 5.32 Å². The Hall–Kier alpha value is -4.12. The van der Waals surface area contributed by atoms with Gasteiger partial charge in [0.2, 0.25) is 5.91 Å². The SMILES string of the molecule is CC(=O)N[C@@H](Cc1c[nH]c2ccccc12)C(=O)O[C@H](C)C(=O)Nc1cccc(C#N)c1. The van der Waals surface area contributed by atoms with E-state index < -0.39 is 24.0 Å². The zero-order valence-corrected chi connectivity index (χ0v) is 17.1. The van der Waals surface area contributed by atoms with E-state index in [-0.39, 0.29) is 12.3 Å². The van der Waals surface area contributed by atoms with Crippen LogP contribution in [-0.4, -0.2) is 34.9 Å². The minimum Gasteiger partial charge on any atom is -0.451 e. The van der Waals surface area contributed by atoms with Crippen LogP contribution in [0.5, 0.6) is 0 Å². The van der Waals surface area contributed by atoms with Crippen LogP contribution >= 0.6 is 0 Å². The largest absolute Gasteiger partial charge is 0.451 e. The summed E-state index contributed by atoms with van der Waals surface area (Å²) in [7, 11) is 0. The normalized spacial score (nSPS) is 12.4. The molecule has 1 aromatic heterocycles. The van der Waals surface area contributed by atoms with E-state index in [0.717, 1.165) is 16.5 Å². The summed E-state index contributed by atoms with van der Waals surface area (Å²) in [4.78, 5) is 39.9. The molecule has 0 radical (unpaired) electrons. The van der Waals surface area contributed by atoms with E-state index in [0.29, 0.717) is 11.3 Å². The van der Waals surface area contributed by atoms with Crippen molar-refractivity contribution in [3.63, 3.8) is 0 Å². The average molecular weight is 418 g/mol. The van der Waals surface area contributed by atoms with Crippen LogP contribution in [0.1, 0.15) is 25.0 Å². The molecular weight excluding hydrogens is 396 g/mol. The van der Waals surface area contributed by atoms with E-state index in [4.69, 9.17) is 10.00 Å². The number of H-pyrrole nitrogens is 1. The fraction of sp³-hybridized carbons (Fsp3) is 0.217. The van der Waals surface area contributed by atoms with Gasteiger partial charge in [-0.05, 0) is 36.8 Å². The van der Waals surface area contributed by atoms with Gasteiger partial charge >= 0.3 is 5.97 Å². The number of rotatable bonds is 7. The van der Waals surface area contributed by atoms with Gasteiger partial charge in [-0.3, -0.25) is 9.59 Å². The number of nitrogens with zero attached hydrogens (tertiary/aromatic N) is 1. The van der Waals surface area contributed by atoms with Gasteiger partial charge in [0.1, 0.15) is 6.04 Å². The van der Waals surface area contributed by atoms with Crippen molar-refractivity contribution < 1.29 is 19.1 Å². The van der Waals surface area contributed by atoms with E-state index in [9.17, 15) is 14.4 Å². The Kier molecular flexibility index (Phi) is 6.67. The molecule has 8 heteroatoms. The Morgan fingerprint density at radius 3 is 2.68 bits per heavy atom. The third-order valence-corrected chi connectivity index (χ3v) is 4.68. The molecule has 0 bridgehead atoms. The third-order valence-electron chi connectivity index (χ3n) is 4.68. The second-order valence-corrected chi connectivity index (χ2v) is 7.08. The summed E-state index contributed by atoms with van der Waals surface area (Å²) < 4.78 is 5.32. The maximum absolute atomic E-state index is 12.7. The Morgan fingerprint density at radius 1 is 1.16 bits per heavy atom. The van der Waals surface area contributed by atoms with Crippen LogP contribution in [0.4, 0.5) is 5.69 Å². The molecular formula is C23H22N4O4. The molecule has 31 heavy (non-hydrogen) atoms. The number of carbonyl (C=O) groups excluding carboxylic acids is 3. The predicted octanol–water partition coefficient (Wildman–Crippen LogP) is 2.66. The number of ether oxygens (including phenoxy) is 1. The Labute approximate surface area is 179 Å². The number of hydrogen-bond donors (Lipinski definition) is 3. The molecule has 3 N–H and O–H groups in total. The van der Waals surface area contributed by atoms with Crippen LogP contribution in [0.25, 0.3) is 10.9 Å². The number of amides is 2. The molecule has 0 aliphatic carbocycles. The number of carbonyl (C=O) groups is 3. The lowest BCUT2D eigenvalue weighted by Crippen LogP contribution is -2.44. The smallest absolute Gasteiger partial charge is 0.329 e. The first kappa shape index (κ1) is 21.6. The third kappa shape index (κ3) is 5.48. The van der Waals surface area contributed by atoms with Crippen molar-refractivity contribution in [1.29, 1.82) is 5.26 Å². The number of aromatic nitrogens is 1. The Bertz CT molecular complexity index is 1160. The quantitative estimate of drug-likeness (QED) is 0.509. The van der Waals surface area contributed by atoms with Gasteiger partial charge in [0.05, 0.1) is 11.6 Å². The summed E-state index contributed by atoms with van der Waals surface area (Å²) in [5.74, 6) is -1.64. The highest BCUT2D eigenvalue weighted by molar-refractivity contribution is 5.96. The van der Waals surface area contributed by atoms with Gasteiger partial charge in [0, 0.05) is 36.1 Å². The summed E-state index contributed by atoms with van der Waals surface area (Å²) in [6.07, 6.45) is 0.893. The first-order valence-corrected chi connectivity index (χ1v) is 9.71. The number of anilines is 1. The fourth-order valence-corrected chi connectivity index (χ4v) is 3.18. The van der Waals surface area contributed by atoms with Crippen LogP contribution in [0.15, 0.2) is 54.7 Å². The van der Waals surface area contributed by atoms with Crippen molar-refractivity contribution in [3.05, 3.63) is 65.9 Å². The molecule has 0 saturated heterocycles. The monoisotopic (exact) mass is 418 g/mol. The molecule has 3 rings (SSSR count). The standard InChI is InChI=1S/C23H22N4O4/c1-14(22(29)27-18-7-5-6-16(10-18)12-24)31-23(30)21(26-15(2)28)11-17-13-25-20-9-4-3-8-19(17)20/h3-10,13-14,21,25H,11H2,1-2H3,(H,26,28)(H,27,29)/t14-,21+/m1/s1. The minimum atomic E-state index is -1.10. The van der Waals surface area contributed by atoms with Gasteiger partial charge < -0.3 is 20.4 Å². The fourth-order valence-electron chi connectivity index (χ4n) is 3.18. The van der Waals surface area contributed by atoms with Crippen molar-refractivity contribution in [1.82, 2.24) is 10.3 Å². The number of benzene rings is 2. The van der Waals surface area contributed by atoms with Crippen LogP contribution in [0.3, 0.4) is 0 Å². The summed E-state index contributed by atoms with van der Waals surface area (Å²) >= 11 is 0. The molecule has 0 spiro atoms. The highest BCUT2D eigenvalue weighted by atomic mass is 16.5. The molecule has 0 saturated carbocycles. The zero-order chi connectivity index (χ0) is 22.4. The molecule has 2 atom stereocenters. The summed E-state index contributed by atoms with van der Waals surface area (Å²) in [6, 6.07) is 15.1. The average Bonchev–Trinajstić information content (AvgIpc) is 3.16. The number of fused-ring (bicyclic) bond motifs is 1. The first-order valence-electron chi connectivity index (χ1n) is 9.71. The maximum atomic E-state index is 12.7. The molecule has 8 nitrogen and oxygen atoms in total. The maximum Gasteiger partial charge on any atom is 0.329 e. The minimum absolute atomic E-state index is 0.209.